The number of hydrogen-bond acceptors (Lipinski definition) is 5. The van der Waals surface area contributed by atoms with Crippen molar-refractivity contribution in [3.05, 3.63) is 36.5 Å². The van der Waals surface area contributed by atoms with Gasteiger partial charge in [0, 0.05) is 12.8 Å². The Labute approximate surface area is 525 Å². The standard InChI is InChI=1S/C78H149NO5/c1-3-5-7-9-11-13-15-17-19-21-34-38-42-46-50-54-58-62-66-70-76(81)75(74-80)79-77(82)71-67-63-59-55-51-47-43-39-36-32-30-28-26-24-23-25-27-29-31-33-37-41-45-49-53-57-61-65-69-73-84-78(83)72-68-64-60-56-52-48-44-40-35-22-20-18-16-14-12-10-8-6-4-2/h12,14,18,20,23,25,75-76,80-81H,3-11,13,15-17,19,21-22,24,26-74H2,1-2H3,(H,79,82)/b14-12-,20-18-,25-23-. The van der Waals surface area contributed by atoms with Gasteiger partial charge in [-0.3, -0.25) is 9.59 Å². The van der Waals surface area contributed by atoms with Crippen molar-refractivity contribution in [1.29, 1.82) is 0 Å². The molecule has 0 radical (unpaired) electrons. The number of nitrogens with one attached hydrogen (secondary N) is 1. The summed E-state index contributed by atoms with van der Waals surface area (Å²) >= 11 is 0. The lowest BCUT2D eigenvalue weighted by molar-refractivity contribution is -0.143. The van der Waals surface area contributed by atoms with Crippen LogP contribution in [-0.4, -0.2) is 47.4 Å². The average Bonchev–Trinajstić information content (AvgIpc) is 3.51. The Morgan fingerprint density at radius 2 is 0.595 bits per heavy atom. The van der Waals surface area contributed by atoms with E-state index in [1.807, 2.05) is 0 Å². The molecule has 0 saturated carbocycles. The van der Waals surface area contributed by atoms with E-state index in [0.717, 1.165) is 51.4 Å². The molecule has 84 heavy (non-hydrogen) atoms. The van der Waals surface area contributed by atoms with E-state index in [4.69, 9.17) is 4.74 Å². The smallest absolute Gasteiger partial charge is 0.305 e. The second-order valence-corrected chi connectivity index (χ2v) is 26.3. The molecule has 6 heteroatoms. The molecule has 2 atom stereocenters. The number of allylic oxidation sites excluding steroid dienone is 6. The van der Waals surface area contributed by atoms with Crippen LogP contribution >= 0.6 is 0 Å². The summed E-state index contributed by atoms with van der Waals surface area (Å²) in [6, 6.07) is -0.542. The van der Waals surface area contributed by atoms with Crippen LogP contribution in [0.3, 0.4) is 0 Å². The van der Waals surface area contributed by atoms with Crippen molar-refractivity contribution in [2.24, 2.45) is 0 Å². The quantitative estimate of drug-likeness (QED) is 0.0320. The zero-order valence-electron chi connectivity index (χ0n) is 56.9. The van der Waals surface area contributed by atoms with Crippen molar-refractivity contribution < 1.29 is 24.5 Å². The Kier molecular flexibility index (Phi) is 71.9. The fraction of sp³-hybridized carbons (Fsp3) is 0.897. The Morgan fingerprint density at radius 3 is 0.940 bits per heavy atom. The zero-order valence-corrected chi connectivity index (χ0v) is 56.9. The first-order valence-corrected chi connectivity index (χ1v) is 38.2. The van der Waals surface area contributed by atoms with Crippen LogP contribution in [0.1, 0.15) is 425 Å². The molecule has 0 aromatic carbocycles. The molecule has 0 aliphatic rings. The summed E-state index contributed by atoms with van der Waals surface area (Å²) in [6.45, 7) is 4.97. The van der Waals surface area contributed by atoms with Gasteiger partial charge in [0.05, 0.1) is 25.4 Å². The van der Waals surface area contributed by atoms with Crippen LogP contribution in [0.25, 0.3) is 0 Å². The molecule has 0 aliphatic carbocycles. The van der Waals surface area contributed by atoms with Crippen molar-refractivity contribution >= 4 is 11.9 Å². The first-order chi connectivity index (χ1) is 41.5. The third-order valence-corrected chi connectivity index (χ3v) is 17.9. The highest BCUT2D eigenvalue weighted by Gasteiger charge is 2.20. The predicted octanol–water partition coefficient (Wildman–Crippen LogP) is 25.0. The highest BCUT2D eigenvalue weighted by Crippen LogP contribution is 2.19. The maximum atomic E-state index is 12.5. The monoisotopic (exact) mass is 1180 g/mol. The van der Waals surface area contributed by atoms with Gasteiger partial charge < -0.3 is 20.3 Å². The number of unbranched alkanes of at least 4 members (excludes halogenated alkanes) is 55. The zero-order chi connectivity index (χ0) is 60.6. The fourth-order valence-electron chi connectivity index (χ4n) is 12.1. The number of carbonyl (C=O) groups is 2. The van der Waals surface area contributed by atoms with Crippen LogP contribution in [0.2, 0.25) is 0 Å². The average molecular weight is 1180 g/mol. The second kappa shape index (κ2) is 73.5. The third-order valence-electron chi connectivity index (χ3n) is 17.9. The molecule has 0 bridgehead atoms. The topological polar surface area (TPSA) is 95.9 Å². The van der Waals surface area contributed by atoms with Gasteiger partial charge in [-0.05, 0) is 83.5 Å². The van der Waals surface area contributed by atoms with Gasteiger partial charge in [-0.25, -0.2) is 0 Å². The molecular formula is C78H149NO5. The molecule has 2 unspecified atom stereocenters. The summed E-state index contributed by atoms with van der Waals surface area (Å²) in [4.78, 5) is 24.7. The third kappa shape index (κ3) is 69.2. The van der Waals surface area contributed by atoms with E-state index in [-0.39, 0.29) is 18.5 Å². The lowest BCUT2D eigenvalue weighted by atomic mass is 10.0. The Balaban J connectivity index is 3.36. The molecule has 0 fully saturated rings. The second-order valence-electron chi connectivity index (χ2n) is 26.3. The minimum Gasteiger partial charge on any atom is -0.466 e. The molecule has 0 spiro atoms. The van der Waals surface area contributed by atoms with Crippen molar-refractivity contribution in [2.45, 2.75) is 437 Å². The van der Waals surface area contributed by atoms with Crippen molar-refractivity contribution in [3.63, 3.8) is 0 Å². The molecule has 0 aromatic heterocycles. The van der Waals surface area contributed by atoms with Crippen LogP contribution in [-0.2, 0) is 14.3 Å². The lowest BCUT2D eigenvalue weighted by Crippen LogP contribution is -2.45. The molecule has 0 aliphatic heterocycles. The normalized spacial score (nSPS) is 12.7. The summed E-state index contributed by atoms with van der Waals surface area (Å²) in [5.74, 6) is -0.0165. The van der Waals surface area contributed by atoms with Crippen molar-refractivity contribution in [2.75, 3.05) is 13.2 Å². The number of rotatable bonds is 72. The number of aliphatic hydroxyl groups is 2. The summed E-state index contributed by atoms with van der Waals surface area (Å²) in [7, 11) is 0. The van der Waals surface area contributed by atoms with Gasteiger partial charge in [-0.2, -0.15) is 0 Å². The first-order valence-electron chi connectivity index (χ1n) is 38.2. The highest BCUT2D eigenvalue weighted by atomic mass is 16.5. The van der Waals surface area contributed by atoms with Gasteiger partial charge in [0.15, 0.2) is 0 Å². The minimum atomic E-state index is -0.665. The SMILES string of the molecule is CCCCC/C=C\C/C=C\CCCCCCCCCCCC(=O)OCCCCCCCCCCCCCC/C=C\CCCCCCCCCCCCCCCC(=O)NC(CO)C(O)CCCCCCCCCCCCCCCCCCCCC. The molecule has 0 heterocycles. The Bertz CT molecular complexity index is 1360. The van der Waals surface area contributed by atoms with E-state index in [1.165, 1.54) is 340 Å². The Hall–Kier alpha value is -1.92. The van der Waals surface area contributed by atoms with Gasteiger partial charge in [0.1, 0.15) is 0 Å². The molecular weight excluding hydrogens is 1030 g/mol. The van der Waals surface area contributed by atoms with Crippen LogP contribution in [0.15, 0.2) is 36.5 Å². The van der Waals surface area contributed by atoms with Crippen LogP contribution < -0.4 is 5.32 Å². The van der Waals surface area contributed by atoms with E-state index >= 15 is 0 Å². The van der Waals surface area contributed by atoms with Crippen molar-refractivity contribution in [3.8, 4) is 0 Å². The van der Waals surface area contributed by atoms with Gasteiger partial charge >= 0.3 is 5.97 Å². The van der Waals surface area contributed by atoms with Gasteiger partial charge in [0.25, 0.3) is 0 Å². The number of ether oxygens (including phenoxy) is 1. The van der Waals surface area contributed by atoms with E-state index in [9.17, 15) is 19.8 Å². The summed E-state index contributed by atoms with van der Waals surface area (Å²) in [5, 5.41) is 23.4. The van der Waals surface area contributed by atoms with E-state index in [1.54, 1.807) is 0 Å². The van der Waals surface area contributed by atoms with Crippen LogP contribution in [0, 0.1) is 0 Å². The van der Waals surface area contributed by atoms with Gasteiger partial charge in [-0.1, -0.05) is 365 Å². The Morgan fingerprint density at radius 1 is 0.333 bits per heavy atom. The molecule has 496 valence electrons. The molecule has 0 rings (SSSR count). The maximum absolute atomic E-state index is 12.5. The maximum Gasteiger partial charge on any atom is 0.305 e. The number of hydrogen-bond donors (Lipinski definition) is 3. The lowest BCUT2D eigenvalue weighted by Gasteiger charge is -2.22. The number of carbonyl (C=O) groups excluding carboxylic acids is 2. The van der Waals surface area contributed by atoms with Crippen molar-refractivity contribution in [1.82, 2.24) is 5.32 Å². The molecule has 0 aromatic rings. The largest absolute Gasteiger partial charge is 0.466 e. The fourth-order valence-corrected chi connectivity index (χ4v) is 12.1. The number of esters is 1. The van der Waals surface area contributed by atoms with Crippen LogP contribution in [0.5, 0.6) is 0 Å². The van der Waals surface area contributed by atoms with E-state index in [0.29, 0.717) is 25.9 Å². The molecule has 1 amide bonds. The molecule has 0 saturated heterocycles. The number of amides is 1. The summed E-state index contributed by atoms with van der Waals surface area (Å²) in [5.41, 5.74) is 0. The predicted molar refractivity (Wildman–Crippen MR) is 370 cm³/mol. The summed E-state index contributed by atoms with van der Waals surface area (Å²) in [6.07, 6.45) is 95.0. The molecule has 6 nitrogen and oxygen atoms in total. The first kappa shape index (κ1) is 82.1. The van der Waals surface area contributed by atoms with E-state index < -0.39 is 12.1 Å². The van der Waals surface area contributed by atoms with Gasteiger partial charge in [-0.15, -0.1) is 0 Å². The number of aliphatic hydroxyl groups excluding tert-OH is 2. The van der Waals surface area contributed by atoms with Crippen LogP contribution in [0.4, 0.5) is 0 Å². The molecule has 3 N–H and O–H groups in total. The highest BCUT2D eigenvalue weighted by molar-refractivity contribution is 5.76. The minimum absolute atomic E-state index is 0.0135. The summed E-state index contributed by atoms with van der Waals surface area (Å²) < 4.78 is 5.51. The van der Waals surface area contributed by atoms with E-state index in [2.05, 4.69) is 55.6 Å². The van der Waals surface area contributed by atoms with Gasteiger partial charge in [0.2, 0.25) is 5.91 Å².